The molecule has 0 fully saturated rings. The molecule has 7 nitrogen and oxygen atoms in total. The Morgan fingerprint density at radius 1 is 0.926 bits per heavy atom. The summed E-state index contributed by atoms with van der Waals surface area (Å²) in [7, 11) is 0. The Bertz CT molecular complexity index is 986. The molecule has 7 heteroatoms. The first kappa shape index (κ1) is 18.2. The molecule has 0 aliphatic heterocycles. The third-order valence-corrected chi connectivity index (χ3v) is 4.43. The summed E-state index contributed by atoms with van der Waals surface area (Å²) in [6.07, 6.45) is 1.38. The van der Waals surface area contributed by atoms with Gasteiger partial charge < -0.3 is 11.1 Å². The molecule has 0 saturated heterocycles. The lowest BCUT2D eigenvalue weighted by Crippen LogP contribution is -2.30. The third-order valence-electron chi connectivity index (χ3n) is 4.43. The molecule has 138 valence electrons. The van der Waals surface area contributed by atoms with Crippen LogP contribution < -0.4 is 21.9 Å². The van der Waals surface area contributed by atoms with Crippen molar-refractivity contribution < 1.29 is 4.79 Å². The number of amides is 1. The predicted molar refractivity (Wildman–Crippen MR) is 108 cm³/mol. The summed E-state index contributed by atoms with van der Waals surface area (Å²) in [6, 6.07) is 13.3. The van der Waals surface area contributed by atoms with E-state index in [1.54, 1.807) is 6.07 Å². The van der Waals surface area contributed by atoms with Crippen molar-refractivity contribution in [3.63, 3.8) is 0 Å². The van der Waals surface area contributed by atoms with Gasteiger partial charge in [-0.2, -0.15) is 0 Å². The van der Waals surface area contributed by atoms with Crippen molar-refractivity contribution >= 4 is 28.9 Å². The Morgan fingerprint density at radius 3 is 2.41 bits per heavy atom. The molecule has 0 saturated carbocycles. The van der Waals surface area contributed by atoms with Gasteiger partial charge in [0.25, 0.3) is 5.91 Å². The molecule has 0 atom stereocenters. The SMILES string of the molecule is Cc1ccccc1C(=O)NNc1ncnc(Nc2cccc(C)c2C)c1N. The molecule has 1 amide bonds. The standard InChI is InChI=1S/C20H22N6O/c1-12-8-6-10-16(14(12)3)24-18-17(21)19(23-11-22-18)25-26-20(27)15-9-5-4-7-13(15)2/h4-11H,21H2,1-3H3,(H,26,27)(H2,22,23,24,25). The van der Waals surface area contributed by atoms with Crippen molar-refractivity contribution in [2.45, 2.75) is 20.8 Å². The number of hydrogen-bond acceptors (Lipinski definition) is 6. The third kappa shape index (κ3) is 3.98. The zero-order valence-corrected chi connectivity index (χ0v) is 15.5. The van der Waals surface area contributed by atoms with Crippen LogP contribution in [0.3, 0.4) is 0 Å². The van der Waals surface area contributed by atoms with Crippen LogP contribution in [-0.2, 0) is 0 Å². The van der Waals surface area contributed by atoms with Crippen LogP contribution in [0.2, 0.25) is 0 Å². The summed E-state index contributed by atoms with van der Waals surface area (Å²) in [5, 5.41) is 3.22. The van der Waals surface area contributed by atoms with Gasteiger partial charge in [-0.25, -0.2) is 9.97 Å². The topological polar surface area (TPSA) is 105 Å². The number of carbonyl (C=O) groups is 1. The van der Waals surface area contributed by atoms with Gasteiger partial charge in [-0.3, -0.25) is 15.6 Å². The number of nitrogens with zero attached hydrogens (tertiary/aromatic N) is 2. The molecule has 3 aromatic rings. The molecule has 0 spiro atoms. The minimum absolute atomic E-state index is 0.268. The molecular weight excluding hydrogens is 340 g/mol. The number of nitrogens with two attached hydrogens (primary N) is 1. The Labute approximate surface area is 158 Å². The van der Waals surface area contributed by atoms with Gasteiger partial charge in [0.2, 0.25) is 0 Å². The number of carbonyl (C=O) groups excluding carboxylic acids is 1. The minimum Gasteiger partial charge on any atom is -0.393 e. The van der Waals surface area contributed by atoms with Crippen LogP contribution in [0.5, 0.6) is 0 Å². The molecule has 0 aliphatic rings. The largest absolute Gasteiger partial charge is 0.393 e. The van der Waals surface area contributed by atoms with E-state index >= 15 is 0 Å². The van der Waals surface area contributed by atoms with Crippen LogP contribution in [-0.4, -0.2) is 15.9 Å². The Morgan fingerprint density at radius 2 is 1.63 bits per heavy atom. The second-order valence-electron chi connectivity index (χ2n) is 6.25. The average molecular weight is 362 g/mol. The predicted octanol–water partition coefficient (Wildman–Crippen LogP) is 3.48. The molecule has 0 unspecified atom stereocenters. The number of rotatable bonds is 5. The molecular formula is C20H22N6O. The number of benzene rings is 2. The van der Waals surface area contributed by atoms with E-state index in [9.17, 15) is 4.79 Å². The number of aromatic nitrogens is 2. The number of hydrogen-bond donors (Lipinski definition) is 4. The number of nitrogen functional groups attached to an aromatic ring is 1. The van der Waals surface area contributed by atoms with Crippen LogP contribution in [0.4, 0.5) is 23.0 Å². The van der Waals surface area contributed by atoms with E-state index in [0.717, 1.165) is 22.4 Å². The van der Waals surface area contributed by atoms with Crippen molar-refractivity contribution in [2.75, 3.05) is 16.5 Å². The first-order valence-electron chi connectivity index (χ1n) is 8.53. The van der Waals surface area contributed by atoms with Crippen molar-refractivity contribution in [3.8, 4) is 0 Å². The van der Waals surface area contributed by atoms with E-state index in [4.69, 9.17) is 5.73 Å². The highest BCUT2D eigenvalue weighted by atomic mass is 16.2. The summed E-state index contributed by atoms with van der Waals surface area (Å²) >= 11 is 0. The van der Waals surface area contributed by atoms with E-state index in [1.165, 1.54) is 6.33 Å². The first-order valence-corrected chi connectivity index (χ1v) is 8.53. The molecule has 27 heavy (non-hydrogen) atoms. The lowest BCUT2D eigenvalue weighted by Gasteiger charge is -2.15. The summed E-state index contributed by atoms with van der Waals surface area (Å²) in [6.45, 7) is 5.94. The maximum Gasteiger partial charge on any atom is 0.269 e. The summed E-state index contributed by atoms with van der Waals surface area (Å²) in [5.74, 6) is 0.515. The molecule has 1 heterocycles. The number of aryl methyl sites for hydroxylation is 2. The van der Waals surface area contributed by atoms with E-state index in [2.05, 4.69) is 26.1 Å². The van der Waals surface area contributed by atoms with Crippen molar-refractivity contribution in [2.24, 2.45) is 0 Å². The lowest BCUT2D eigenvalue weighted by molar-refractivity contribution is 0.0962. The fourth-order valence-electron chi connectivity index (χ4n) is 2.62. The Kier molecular flexibility index (Phi) is 5.21. The van der Waals surface area contributed by atoms with Crippen molar-refractivity contribution in [3.05, 3.63) is 71.0 Å². The minimum atomic E-state index is -0.268. The second kappa shape index (κ2) is 7.74. The van der Waals surface area contributed by atoms with Gasteiger partial charge in [-0.1, -0.05) is 30.3 Å². The normalized spacial score (nSPS) is 10.3. The number of anilines is 4. The van der Waals surface area contributed by atoms with Gasteiger partial charge in [0.15, 0.2) is 11.6 Å². The molecule has 0 aliphatic carbocycles. The van der Waals surface area contributed by atoms with E-state index in [1.807, 2.05) is 57.2 Å². The number of hydrazine groups is 1. The zero-order chi connectivity index (χ0) is 19.4. The Balaban J connectivity index is 1.76. The van der Waals surface area contributed by atoms with Crippen molar-refractivity contribution in [1.29, 1.82) is 0 Å². The van der Waals surface area contributed by atoms with E-state index < -0.39 is 0 Å². The summed E-state index contributed by atoms with van der Waals surface area (Å²) < 4.78 is 0. The zero-order valence-electron chi connectivity index (χ0n) is 15.5. The quantitative estimate of drug-likeness (QED) is 0.518. The van der Waals surface area contributed by atoms with Gasteiger partial charge >= 0.3 is 0 Å². The van der Waals surface area contributed by atoms with Gasteiger partial charge in [0.1, 0.15) is 12.0 Å². The highest BCUT2D eigenvalue weighted by Crippen LogP contribution is 2.27. The first-order chi connectivity index (χ1) is 13.0. The van der Waals surface area contributed by atoms with Crippen LogP contribution in [0.1, 0.15) is 27.0 Å². The van der Waals surface area contributed by atoms with Gasteiger partial charge in [0, 0.05) is 11.3 Å². The van der Waals surface area contributed by atoms with Crippen LogP contribution >= 0.6 is 0 Å². The van der Waals surface area contributed by atoms with Crippen LogP contribution in [0.15, 0.2) is 48.8 Å². The maximum atomic E-state index is 12.3. The fraction of sp³-hybridized carbons (Fsp3) is 0.150. The molecule has 5 N–H and O–H groups in total. The van der Waals surface area contributed by atoms with Gasteiger partial charge in [-0.15, -0.1) is 0 Å². The van der Waals surface area contributed by atoms with Crippen LogP contribution in [0, 0.1) is 20.8 Å². The monoisotopic (exact) mass is 362 g/mol. The molecule has 2 aromatic carbocycles. The molecule has 1 aromatic heterocycles. The van der Waals surface area contributed by atoms with Crippen molar-refractivity contribution in [1.82, 2.24) is 15.4 Å². The second-order valence-corrected chi connectivity index (χ2v) is 6.25. The van der Waals surface area contributed by atoms with Gasteiger partial charge in [0.05, 0.1) is 0 Å². The summed E-state index contributed by atoms with van der Waals surface area (Å²) in [4.78, 5) is 20.6. The highest BCUT2D eigenvalue weighted by molar-refractivity contribution is 5.96. The molecule has 3 rings (SSSR count). The van der Waals surface area contributed by atoms with E-state index in [-0.39, 0.29) is 5.91 Å². The average Bonchev–Trinajstić information content (AvgIpc) is 2.66. The molecule has 0 bridgehead atoms. The lowest BCUT2D eigenvalue weighted by atomic mass is 10.1. The highest BCUT2D eigenvalue weighted by Gasteiger charge is 2.12. The number of nitrogens with one attached hydrogen (secondary N) is 3. The van der Waals surface area contributed by atoms with Crippen LogP contribution in [0.25, 0.3) is 0 Å². The van der Waals surface area contributed by atoms with E-state index in [0.29, 0.717) is 22.9 Å². The smallest absolute Gasteiger partial charge is 0.269 e. The fourth-order valence-corrected chi connectivity index (χ4v) is 2.62. The molecule has 0 radical (unpaired) electrons. The maximum absolute atomic E-state index is 12.3. The Hall–Kier alpha value is -3.61. The van der Waals surface area contributed by atoms with Gasteiger partial charge in [-0.05, 0) is 49.6 Å². The summed E-state index contributed by atoms with van der Waals surface area (Å²) in [5.41, 5.74) is 16.5.